The molecule has 1 aromatic carbocycles. The second-order valence-corrected chi connectivity index (χ2v) is 8.34. The third-order valence-corrected chi connectivity index (χ3v) is 5.40. The maximum Gasteiger partial charge on any atom is 0.319 e. The quantitative estimate of drug-likeness (QED) is 0.429. The number of halogens is 2. The van der Waals surface area contributed by atoms with Gasteiger partial charge in [-0.2, -0.15) is 5.26 Å². The van der Waals surface area contributed by atoms with Crippen LogP contribution < -0.4 is 15.4 Å². The van der Waals surface area contributed by atoms with Crippen molar-refractivity contribution in [2.45, 2.75) is 26.2 Å². The average molecular weight is 455 g/mol. The van der Waals surface area contributed by atoms with E-state index in [1.807, 2.05) is 6.92 Å². The molecule has 8 nitrogen and oxygen atoms in total. The van der Waals surface area contributed by atoms with E-state index in [4.69, 9.17) is 14.7 Å². The van der Waals surface area contributed by atoms with E-state index in [0.29, 0.717) is 50.1 Å². The fraction of sp³-hybridized carbons (Fsp3) is 0.348. The SMILES string of the molecule is CC1(CNC(=O)Nc2cc(F)c(Oc3ccnc4[nH]cc(CCCC#N)c34)c(F)c2)COC1. The minimum atomic E-state index is -0.962. The van der Waals surface area contributed by atoms with Crippen molar-refractivity contribution in [3.8, 4) is 17.6 Å². The summed E-state index contributed by atoms with van der Waals surface area (Å²) >= 11 is 0. The molecule has 0 bridgehead atoms. The molecule has 1 fully saturated rings. The molecule has 1 saturated heterocycles. The van der Waals surface area contributed by atoms with Gasteiger partial charge in [0.25, 0.3) is 0 Å². The number of nitrogens with zero attached hydrogens (tertiary/aromatic N) is 2. The summed E-state index contributed by atoms with van der Waals surface area (Å²) in [5, 5.41) is 14.5. The zero-order valence-electron chi connectivity index (χ0n) is 18.0. The Hall–Kier alpha value is -3.71. The summed E-state index contributed by atoms with van der Waals surface area (Å²) in [6.07, 6.45) is 4.83. The zero-order chi connectivity index (χ0) is 23.4. The summed E-state index contributed by atoms with van der Waals surface area (Å²) < 4.78 is 40.2. The first-order chi connectivity index (χ1) is 15.9. The summed E-state index contributed by atoms with van der Waals surface area (Å²) in [6.45, 7) is 3.45. The van der Waals surface area contributed by atoms with Crippen LogP contribution in [0.15, 0.2) is 30.6 Å². The average Bonchev–Trinajstić information content (AvgIpc) is 3.18. The number of benzene rings is 1. The van der Waals surface area contributed by atoms with Crippen LogP contribution in [0.2, 0.25) is 0 Å². The van der Waals surface area contributed by atoms with Crippen LogP contribution in [0.25, 0.3) is 11.0 Å². The standard InChI is InChI=1S/C23H23F2N5O3/c1-23(12-32-13-23)11-29-22(31)30-15-8-16(24)20(17(25)9-15)33-18-5-7-27-21-19(18)14(10-28-21)4-2-3-6-26/h5,7-10H,2-4,11-13H2,1H3,(H,27,28)(H2,29,30,31). The molecule has 33 heavy (non-hydrogen) atoms. The number of amides is 2. The lowest BCUT2D eigenvalue weighted by Gasteiger charge is -2.37. The van der Waals surface area contributed by atoms with E-state index in [9.17, 15) is 13.6 Å². The molecule has 0 radical (unpaired) electrons. The minimum Gasteiger partial charge on any atom is -0.450 e. The number of H-pyrrole nitrogens is 1. The Labute approximate surface area is 188 Å². The lowest BCUT2D eigenvalue weighted by Crippen LogP contribution is -2.49. The molecule has 0 spiro atoms. The van der Waals surface area contributed by atoms with Gasteiger partial charge in [-0.25, -0.2) is 18.6 Å². The van der Waals surface area contributed by atoms with Crippen molar-refractivity contribution in [1.82, 2.24) is 15.3 Å². The number of aryl methyl sites for hydroxylation is 1. The summed E-state index contributed by atoms with van der Waals surface area (Å²) in [4.78, 5) is 19.3. The number of hydrogen-bond acceptors (Lipinski definition) is 5. The molecule has 0 aliphatic carbocycles. The number of urea groups is 1. The van der Waals surface area contributed by atoms with Crippen molar-refractivity contribution in [2.75, 3.05) is 25.1 Å². The van der Waals surface area contributed by atoms with Gasteiger partial charge < -0.3 is 25.1 Å². The predicted molar refractivity (Wildman–Crippen MR) is 117 cm³/mol. The molecule has 2 amide bonds. The van der Waals surface area contributed by atoms with Crippen LogP contribution >= 0.6 is 0 Å². The van der Waals surface area contributed by atoms with Crippen LogP contribution in [0, 0.1) is 28.4 Å². The Morgan fingerprint density at radius 3 is 2.79 bits per heavy atom. The van der Waals surface area contributed by atoms with Gasteiger partial charge >= 0.3 is 6.03 Å². The number of rotatable bonds is 8. The highest BCUT2D eigenvalue weighted by Crippen LogP contribution is 2.35. The van der Waals surface area contributed by atoms with Crippen LogP contribution in [0.5, 0.6) is 11.5 Å². The molecule has 172 valence electrons. The number of carbonyl (C=O) groups is 1. The van der Waals surface area contributed by atoms with Gasteiger partial charge in [0.2, 0.25) is 0 Å². The Kier molecular flexibility index (Phi) is 6.42. The van der Waals surface area contributed by atoms with E-state index in [1.54, 1.807) is 6.20 Å². The topological polar surface area (TPSA) is 112 Å². The summed E-state index contributed by atoms with van der Waals surface area (Å²) in [5.41, 5.74) is 1.18. The predicted octanol–water partition coefficient (Wildman–Crippen LogP) is 4.64. The number of carbonyl (C=O) groups excluding carboxylic acids is 1. The largest absolute Gasteiger partial charge is 0.450 e. The van der Waals surface area contributed by atoms with Gasteiger partial charge in [-0.05, 0) is 24.5 Å². The molecular formula is C23H23F2N5O3. The number of nitrogens with one attached hydrogen (secondary N) is 3. The van der Waals surface area contributed by atoms with Crippen molar-refractivity contribution in [2.24, 2.45) is 5.41 Å². The number of pyridine rings is 1. The van der Waals surface area contributed by atoms with Gasteiger partial charge in [-0.1, -0.05) is 6.92 Å². The van der Waals surface area contributed by atoms with E-state index < -0.39 is 23.4 Å². The second kappa shape index (κ2) is 9.42. The lowest BCUT2D eigenvalue weighted by molar-refractivity contribution is -0.0974. The van der Waals surface area contributed by atoms with E-state index in [1.165, 1.54) is 12.3 Å². The Bertz CT molecular complexity index is 1190. The van der Waals surface area contributed by atoms with Gasteiger partial charge in [0.05, 0.1) is 24.7 Å². The number of fused-ring (bicyclic) bond motifs is 1. The van der Waals surface area contributed by atoms with Crippen LogP contribution in [0.3, 0.4) is 0 Å². The number of anilines is 1. The Balaban J connectivity index is 1.50. The molecular weight excluding hydrogens is 432 g/mol. The second-order valence-electron chi connectivity index (χ2n) is 8.34. The molecule has 0 atom stereocenters. The molecule has 1 aliphatic rings. The fourth-order valence-corrected chi connectivity index (χ4v) is 3.59. The van der Waals surface area contributed by atoms with E-state index in [0.717, 1.165) is 17.7 Å². The number of hydrogen-bond donors (Lipinski definition) is 3. The van der Waals surface area contributed by atoms with Crippen LogP contribution in [-0.2, 0) is 11.2 Å². The van der Waals surface area contributed by atoms with E-state index in [-0.39, 0.29) is 16.9 Å². The smallest absolute Gasteiger partial charge is 0.319 e. The molecule has 0 saturated carbocycles. The minimum absolute atomic E-state index is 0.0384. The van der Waals surface area contributed by atoms with Gasteiger partial charge in [0.15, 0.2) is 17.4 Å². The van der Waals surface area contributed by atoms with Crippen LogP contribution in [0.4, 0.5) is 19.3 Å². The first-order valence-corrected chi connectivity index (χ1v) is 10.5. The lowest BCUT2D eigenvalue weighted by atomic mass is 9.89. The van der Waals surface area contributed by atoms with Crippen LogP contribution in [0.1, 0.15) is 25.3 Å². The first-order valence-electron chi connectivity index (χ1n) is 10.5. The number of unbranched alkanes of at least 4 members (excludes halogenated alkanes) is 1. The zero-order valence-corrected chi connectivity index (χ0v) is 18.0. The summed E-state index contributed by atoms with van der Waals surface area (Å²) in [6, 6.07) is 5.03. The highest BCUT2D eigenvalue weighted by molar-refractivity contribution is 5.89. The maximum atomic E-state index is 14.7. The Morgan fingerprint density at radius 1 is 1.36 bits per heavy atom. The van der Waals surface area contributed by atoms with Crippen molar-refractivity contribution in [3.63, 3.8) is 0 Å². The molecule has 0 unspecified atom stereocenters. The van der Waals surface area contributed by atoms with Gasteiger partial charge in [-0.15, -0.1) is 0 Å². The molecule has 2 aromatic heterocycles. The fourth-order valence-electron chi connectivity index (χ4n) is 3.59. The molecule has 4 rings (SSSR count). The molecule has 10 heteroatoms. The third-order valence-electron chi connectivity index (χ3n) is 5.40. The number of ether oxygens (including phenoxy) is 2. The van der Waals surface area contributed by atoms with Crippen molar-refractivity contribution >= 4 is 22.8 Å². The van der Waals surface area contributed by atoms with Crippen LogP contribution in [-0.4, -0.2) is 35.8 Å². The number of aromatic nitrogens is 2. The first kappa shape index (κ1) is 22.5. The van der Waals surface area contributed by atoms with Crippen molar-refractivity contribution in [1.29, 1.82) is 5.26 Å². The monoisotopic (exact) mass is 455 g/mol. The van der Waals surface area contributed by atoms with E-state index in [2.05, 4.69) is 26.7 Å². The van der Waals surface area contributed by atoms with Crippen molar-refractivity contribution < 1.29 is 23.0 Å². The third kappa shape index (κ3) is 5.04. The molecule has 3 aromatic rings. The molecule has 3 heterocycles. The summed E-state index contributed by atoms with van der Waals surface area (Å²) in [5.74, 6) is -2.27. The highest BCUT2D eigenvalue weighted by atomic mass is 19.1. The summed E-state index contributed by atoms with van der Waals surface area (Å²) in [7, 11) is 0. The molecule has 1 aliphatic heterocycles. The van der Waals surface area contributed by atoms with Gasteiger partial charge in [0, 0.05) is 48.6 Å². The van der Waals surface area contributed by atoms with Gasteiger partial charge in [-0.3, -0.25) is 0 Å². The Morgan fingerprint density at radius 2 is 2.12 bits per heavy atom. The maximum absolute atomic E-state index is 14.7. The van der Waals surface area contributed by atoms with Gasteiger partial charge in [0.1, 0.15) is 11.4 Å². The normalized spacial score (nSPS) is 14.4. The highest BCUT2D eigenvalue weighted by Gasteiger charge is 2.33. The number of nitriles is 1. The van der Waals surface area contributed by atoms with Crippen molar-refractivity contribution in [3.05, 3.63) is 47.8 Å². The van der Waals surface area contributed by atoms with E-state index >= 15 is 0 Å². The number of aromatic amines is 1. The molecule has 3 N–H and O–H groups in total.